The first-order chi connectivity index (χ1) is 11.6. The number of Topliss-reactive ketones (excluding diaryl/α,β-unsaturated/α-hetero) is 1. The van der Waals surface area contributed by atoms with Gasteiger partial charge in [0, 0.05) is 42.7 Å². The molecule has 2 heterocycles. The van der Waals surface area contributed by atoms with Gasteiger partial charge in [0.2, 0.25) is 0 Å². The van der Waals surface area contributed by atoms with E-state index in [1.54, 1.807) is 12.4 Å². The summed E-state index contributed by atoms with van der Waals surface area (Å²) < 4.78 is 0. The van der Waals surface area contributed by atoms with Gasteiger partial charge in [0.25, 0.3) is 5.91 Å². The Balaban J connectivity index is 1.65. The van der Waals surface area contributed by atoms with E-state index < -0.39 is 0 Å². The zero-order valence-electron chi connectivity index (χ0n) is 13.8. The predicted octanol–water partition coefficient (Wildman–Crippen LogP) is 3.04. The fourth-order valence-corrected chi connectivity index (χ4v) is 3.57. The Kier molecular flexibility index (Phi) is 3.71. The second-order valence-electron chi connectivity index (χ2n) is 6.78. The van der Waals surface area contributed by atoms with Crippen LogP contribution in [0, 0.1) is 6.92 Å². The average molecular weight is 323 g/mol. The van der Waals surface area contributed by atoms with Crippen molar-refractivity contribution >= 4 is 11.7 Å². The lowest BCUT2D eigenvalue weighted by Crippen LogP contribution is -2.33. The number of aromatic amines is 1. The van der Waals surface area contributed by atoms with Crippen molar-refractivity contribution in [3.63, 3.8) is 0 Å². The molecule has 1 N–H and O–H groups in total. The predicted molar refractivity (Wildman–Crippen MR) is 89.9 cm³/mol. The number of ketones is 1. The van der Waals surface area contributed by atoms with Gasteiger partial charge in [-0.05, 0) is 49.8 Å². The fourth-order valence-electron chi connectivity index (χ4n) is 3.57. The lowest BCUT2D eigenvalue weighted by Gasteiger charge is -2.22. The maximum absolute atomic E-state index is 13.1. The minimum Gasteiger partial charge on any atom is -0.354 e. The van der Waals surface area contributed by atoms with Crippen LogP contribution in [0.25, 0.3) is 0 Å². The van der Waals surface area contributed by atoms with Crippen LogP contribution in [0.5, 0.6) is 0 Å². The number of aromatic nitrogens is 2. The van der Waals surface area contributed by atoms with E-state index >= 15 is 0 Å². The number of aryl methyl sites for hydroxylation is 1. The molecule has 0 bridgehead atoms. The lowest BCUT2D eigenvalue weighted by molar-refractivity contribution is 0.0723. The van der Waals surface area contributed by atoms with Crippen LogP contribution in [0.15, 0.2) is 24.5 Å². The zero-order chi connectivity index (χ0) is 16.7. The van der Waals surface area contributed by atoms with Gasteiger partial charge in [-0.3, -0.25) is 14.6 Å². The summed E-state index contributed by atoms with van der Waals surface area (Å²) >= 11 is 0. The Morgan fingerprint density at radius 1 is 1.38 bits per heavy atom. The second-order valence-corrected chi connectivity index (χ2v) is 6.78. The fraction of sp³-hybridized carbons (Fsp3) is 0.421. The van der Waals surface area contributed by atoms with Crippen molar-refractivity contribution in [3.05, 3.63) is 52.6 Å². The summed E-state index contributed by atoms with van der Waals surface area (Å²) in [5, 5.41) is 0. The Bertz CT molecular complexity index is 790. The summed E-state index contributed by atoms with van der Waals surface area (Å²) in [5.41, 5.74) is 4.12. The number of hydrogen-bond acceptors (Lipinski definition) is 3. The number of hydrogen-bond donors (Lipinski definition) is 1. The number of amides is 1. The van der Waals surface area contributed by atoms with E-state index in [0.29, 0.717) is 24.7 Å². The number of H-pyrrole nitrogens is 1. The molecule has 24 heavy (non-hydrogen) atoms. The molecule has 0 atom stereocenters. The summed E-state index contributed by atoms with van der Waals surface area (Å²) in [5.74, 6) is 0.162. The SMILES string of the molecule is Cc1c(C(=O)N(Cc2cccnc2)C2CC2)[nH]c2c1C(=O)CCC2. The van der Waals surface area contributed by atoms with Gasteiger partial charge in [-0.1, -0.05) is 6.07 Å². The molecule has 2 aliphatic rings. The monoisotopic (exact) mass is 323 g/mol. The number of carbonyl (C=O) groups is 2. The third kappa shape index (κ3) is 2.64. The van der Waals surface area contributed by atoms with Gasteiger partial charge in [-0.25, -0.2) is 0 Å². The van der Waals surface area contributed by atoms with Crippen LogP contribution < -0.4 is 0 Å². The highest BCUT2D eigenvalue weighted by Crippen LogP contribution is 2.32. The molecule has 2 aromatic heterocycles. The van der Waals surface area contributed by atoms with E-state index in [9.17, 15) is 9.59 Å². The van der Waals surface area contributed by atoms with Gasteiger partial charge in [0.1, 0.15) is 5.69 Å². The molecule has 0 radical (unpaired) electrons. The molecular weight excluding hydrogens is 302 g/mol. The standard InChI is InChI=1S/C19H21N3O2/c1-12-17-15(5-2-6-16(17)23)21-18(12)19(24)22(14-7-8-14)11-13-4-3-9-20-10-13/h3-4,9-10,14,21H,2,5-8,11H2,1H3. The molecule has 2 aromatic rings. The molecule has 1 amide bonds. The van der Waals surface area contributed by atoms with Gasteiger partial charge >= 0.3 is 0 Å². The Hall–Kier alpha value is -2.43. The highest BCUT2D eigenvalue weighted by atomic mass is 16.2. The maximum Gasteiger partial charge on any atom is 0.271 e. The van der Waals surface area contributed by atoms with E-state index in [0.717, 1.165) is 48.1 Å². The normalized spacial score (nSPS) is 16.8. The van der Waals surface area contributed by atoms with Gasteiger partial charge in [-0.15, -0.1) is 0 Å². The maximum atomic E-state index is 13.1. The van der Waals surface area contributed by atoms with Gasteiger partial charge < -0.3 is 9.88 Å². The van der Waals surface area contributed by atoms with Crippen LogP contribution >= 0.6 is 0 Å². The van der Waals surface area contributed by atoms with E-state index in [-0.39, 0.29) is 11.7 Å². The zero-order valence-corrected chi connectivity index (χ0v) is 13.8. The molecule has 5 nitrogen and oxygen atoms in total. The Morgan fingerprint density at radius 3 is 2.88 bits per heavy atom. The molecule has 0 unspecified atom stereocenters. The summed E-state index contributed by atoms with van der Waals surface area (Å²) in [6, 6.07) is 4.18. The number of fused-ring (bicyclic) bond motifs is 1. The van der Waals surface area contributed by atoms with Crippen LogP contribution in [-0.4, -0.2) is 32.6 Å². The van der Waals surface area contributed by atoms with Gasteiger partial charge in [-0.2, -0.15) is 0 Å². The lowest BCUT2D eigenvalue weighted by atomic mass is 9.93. The molecule has 1 fully saturated rings. The average Bonchev–Trinajstić information content (AvgIpc) is 3.37. The van der Waals surface area contributed by atoms with Crippen LogP contribution in [0.4, 0.5) is 0 Å². The van der Waals surface area contributed by atoms with Gasteiger partial charge in [0.15, 0.2) is 5.78 Å². The number of nitrogens with one attached hydrogen (secondary N) is 1. The van der Waals surface area contributed by atoms with Crippen LogP contribution in [0.2, 0.25) is 0 Å². The molecular formula is C19H21N3O2. The first kappa shape index (κ1) is 15.1. The molecule has 124 valence electrons. The number of nitrogens with zero attached hydrogens (tertiary/aromatic N) is 2. The molecule has 1 saturated carbocycles. The first-order valence-corrected chi connectivity index (χ1v) is 8.59. The Morgan fingerprint density at radius 2 is 2.21 bits per heavy atom. The third-order valence-corrected chi connectivity index (χ3v) is 4.98. The molecule has 5 heteroatoms. The van der Waals surface area contributed by atoms with Crippen molar-refractivity contribution < 1.29 is 9.59 Å². The highest BCUT2D eigenvalue weighted by molar-refractivity contribution is 6.04. The molecule has 2 aliphatic carbocycles. The van der Waals surface area contributed by atoms with Crippen LogP contribution in [0.3, 0.4) is 0 Å². The molecule has 0 aromatic carbocycles. The van der Waals surface area contributed by atoms with E-state index in [4.69, 9.17) is 0 Å². The second kappa shape index (κ2) is 5.89. The van der Waals surface area contributed by atoms with Crippen molar-refractivity contribution in [2.24, 2.45) is 0 Å². The first-order valence-electron chi connectivity index (χ1n) is 8.59. The molecule has 0 saturated heterocycles. The third-order valence-electron chi connectivity index (χ3n) is 4.98. The number of rotatable bonds is 4. The minimum absolute atomic E-state index is 0.000975. The summed E-state index contributed by atoms with van der Waals surface area (Å²) in [7, 11) is 0. The summed E-state index contributed by atoms with van der Waals surface area (Å²) in [4.78, 5) is 34.7. The van der Waals surface area contributed by atoms with Crippen molar-refractivity contribution in [1.29, 1.82) is 0 Å². The topological polar surface area (TPSA) is 66.1 Å². The summed E-state index contributed by atoms with van der Waals surface area (Å²) in [6.07, 6.45) is 7.93. The Labute approximate surface area is 141 Å². The van der Waals surface area contributed by atoms with E-state index in [1.807, 2.05) is 24.0 Å². The van der Waals surface area contributed by atoms with Crippen molar-refractivity contribution in [3.8, 4) is 0 Å². The minimum atomic E-state index is 0.000975. The van der Waals surface area contributed by atoms with Crippen molar-refractivity contribution in [1.82, 2.24) is 14.9 Å². The van der Waals surface area contributed by atoms with Crippen LogP contribution in [-0.2, 0) is 13.0 Å². The van der Waals surface area contributed by atoms with E-state index in [2.05, 4.69) is 9.97 Å². The van der Waals surface area contributed by atoms with Crippen LogP contribution in [0.1, 0.15) is 63.4 Å². The number of pyridine rings is 1. The van der Waals surface area contributed by atoms with Gasteiger partial charge in [0.05, 0.1) is 0 Å². The summed E-state index contributed by atoms with van der Waals surface area (Å²) in [6.45, 7) is 2.45. The van der Waals surface area contributed by atoms with Crippen molar-refractivity contribution in [2.75, 3.05) is 0 Å². The molecule has 0 aliphatic heterocycles. The quantitative estimate of drug-likeness (QED) is 0.940. The van der Waals surface area contributed by atoms with Crippen molar-refractivity contribution in [2.45, 2.75) is 51.6 Å². The largest absolute Gasteiger partial charge is 0.354 e. The number of carbonyl (C=O) groups excluding carboxylic acids is 2. The molecule has 0 spiro atoms. The van der Waals surface area contributed by atoms with E-state index in [1.165, 1.54) is 0 Å². The smallest absolute Gasteiger partial charge is 0.271 e. The molecule has 4 rings (SSSR count). The highest BCUT2D eigenvalue weighted by Gasteiger charge is 2.36.